The van der Waals surface area contributed by atoms with E-state index in [-0.39, 0.29) is 12.1 Å². The summed E-state index contributed by atoms with van der Waals surface area (Å²) >= 11 is 1.41. The summed E-state index contributed by atoms with van der Waals surface area (Å²) in [5.41, 5.74) is 0.259. The van der Waals surface area contributed by atoms with Crippen LogP contribution in [0.15, 0.2) is 0 Å². The van der Waals surface area contributed by atoms with Crippen LogP contribution >= 0.6 is 11.3 Å². The molecule has 0 aliphatic heterocycles. The number of carbonyl (C=O) groups is 2. The number of hydrogen-bond acceptors (Lipinski definition) is 6. The van der Waals surface area contributed by atoms with E-state index in [1.165, 1.54) is 11.3 Å². The normalized spacial score (nSPS) is 20.7. The smallest absolute Gasteiger partial charge is 0.408 e. The molecule has 0 bridgehead atoms. The Morgan fingerprint density at radius 2 is 2.22 bits per heavy atom. The first kappa shape index (κ1) is 17.9. The summed E-state index contributed by atoms with van der Waals surface area (Å²) in [5, 5.41) is 6.85. The Morgan fingerprint density at radius 3 is 2.83 bits per heavy atom. The largest absolute Gasteiger partial charge is 0.444 e. The number of nitrogens with one attached hydrogen (secondary N) is 2. The van der Waals surface area contributed by atoms with Crippen molar-refractivity contribution in [3.05, 3.63) is 15.6 Å². The first-order valence-corrected chi connectivity index (χ1v) is 8.81. The Balaban J connectivity index is 2.14. The van der Waals surface area contributed by atoms with Gasteiger partial charge in [0.2, 0.25) is 0 Å². The number of fused-ring (bicyclic) bond motifs is 1. The SMILES string of the molecule is CCCNC1Cc2sc(C=O)nc2C(NC(=O)OC(C)(C)C)C1. The van der Waals surface area contributed by atoms with Gasteiger partial charge in [-0.2, -0.15) is 0 Å². The molecule has 23 heavy (non-hydrogen) atoms. The van der Waals surface area contributed by atoms with Crippen molar-refractivity contribution in [1.82, 2.24) is 15.6 Å². The number of aromatic nitrogens is 1. The van der Waals surface area contributed by atoms with Crippen molar-refractivity contribution >= 4 is 23.7 Å². The topological polar surface area (TPSA) is 80.3 Å². The Hall–Kier alpha value is -1.47. The zero-order chi connectivity index (χ0) is 17.0. The minimum absolute atomic E-state index is 0.229. The Bertz CT molecular complexity index is 565. The van der Waals surface area contributed by atoms with E-state index in [9.17, 15) is 9.59 Å². The molecule has 2 N–H and O–H groups in total. The average molecular weight is 339 g/mol. The number of ether oxygens (including phenoxy) is 1. The second kappa shape index (κ2) is 7.40. The van der Waals surface area contributed by atoms with Gasteiger partial charge in [-0.15, -0.1) is 11.3 Å². The molecule has 1 aliphatic rings. The molecular weight excluding hydrogens is 314 g/mol. The van der Waals surface area contributed by atoms with E-state index in [0.29, 0.717) is 5.01 Å². The summed E-state index contributed by atoms with van der Waals surface area (Å²) in [6, 6.07) is 0.0373. The fourth-order valence-electron chi connectivity index (χ4n) is 2.64. The fourth-order valence-corrected chi connectivity index (χ4v) is 3.66. The summed E-state index contributed by atoms with van der Waals surface area (Å²) in [6.45, 7) is 8.54. The van der Waals surface area contributed by atoms with Gasteiger partial charge in [0.1, 0.15) is 5.60 Å². The van der Waals surface area contributed by atoms with Crippen LogP contribution in [0.25, 0.3) is 0 Å². The van der Waals surface area contributed by atoms with Crippen molar-refractivity contribution in [3.63, 3.8) is 0 Å². The Labute approximate surface area is 141 Å². The van der Waals surface area contributed by atoms with Crippen molar-refractivity contribution in [1.29, 1.82) is 0 Å². The number of rotatable bonds is 5. The van der Waals surface area contributed by atoms with Crippen molar-refractivity contribution in [3.8, 4) is 0 Å². The summed E-state index contributed by atoms with van der Waals surface area (Å²) in [4.78, 5) is 28.5. The molecule has 0 spiro atoms. The molecule has 0 aromatic carbocycles. The third kappa shape index (κ3) is 5.00. The maximum atomic E-state index is 12.1. The molecule has 1 aromatic rings. The lowest BCUT2D eigenvalue weighted by atomic mass is 9.93. The molecule has 0 fully saturated rings. The van der Waals surface area contributed by atoms with E-state index in [2.05, 4.69) is 22.5 Å². The van der Waals surface area contributed by atoms with Gasteiger partial charge in [0.15, 0.2) is 11.3 Å². The van der Waals surface area contributed by atoms with E-state index >= 15 is 0 Å². The number of amides is 1. The molecular formula is C16H25N3O3S. The Morgan fingerprint density at radius 1 is 1.48 bits per heavy atom. The molecule has 1 aromatic heterocycles. The highest BCUT2D eigenvalue weighted by Gasteiger charge is 2.32. The number of alkyl carbamates (subject to hydrolysis) is 1. The minimum Gasteiger partial charge on any atom is -0.444 e. The van der Waals surface area contributed by atoms with E-state index in [0.717, 1.165) is 42.7 Å². The van der Waals surface area contributed by atoms with Crippen LogP contribution in [-0.2, 0) is 11.2 Å². The molecule has 2 atom stereocenters. The second-order valence-electron chi connectivity index (χ2n) is 6.77. The molecule has 0 saturated heterocycles. The highest BCUT2D eigenvalue weighted by atomic mass is 32.1. The third-order valence-electron chi connectivity index (χ3n) is 3.50. The third-order valence-corrected chi connectivity index (χ3v) is 4.52. The zero-order valence-electron chi connectivity index (χ0n) is 14.1. The summed E-state index contributed by atoms with van der Waals surface area (Å²) in [6.07, 6.45) is 2.95. The lowest BCUT2D eigenvalue weighted by Gasteiger charge is -2.30. The van der Waals surface area contributed by atoms with Crippen LogP contribution in [0.2, 0.25) is 0 Å². The first-order valence-electron chi connectivity index (χ1n) is 8.00. The van der Waals surface area contributed by atoms with Crippen LogP contribution in [0.1, 0.15) is 67.0 Å². The van der Waals surface area contributed by atoms with Gasteiger partial charge in [-0.1, -0.05) is 6.92 Å². The van der Waals surface area contributed by atoms with Gasteiger partial charge in [0.25, 0.3) is 0 Å². The lowest BCUT2D eigenvalue weighted by Crippen LogP contribution is -2.42. The van der Waals surface area contributed by atoms with E-state index in [1.54, 1.807) is 0 Å². The molecule has 0 radical (unpaired) electrons. The standard InChI is InChI=1S/C16H25N3O3S/c1-5-6-17-10-7-11(18-15(21)22-16(2,3)4)14-12(8-10)23-13(9-20)19-14/h9-11,17H,5-8H2,1-4H3,(H,18,21). The fraction of sp³-hybridized carbons (Fsp3) is 0.688. The number of carbonyl (C=O) groups excluding carboxylic acids is 2. The van der Waals surface area contributed by atoms with Gasteiger partial charge < -0.3 is 15.4 Å². The average Bonchev–Trinajstić information content (AvgIpc) is 2.86. The van der Waals surface area contributed by atoms with E-state index in [4.69, 9.17) is 4.74 Å². The monoisotopic (exact) mass is 339 g/mol. The van der Waals surface area contributed by atoms with Gasteiger partial charge >= 0.3 is 6.09 Å². The molecule has 2 rings (SSSR count). The summed E-state index contributed by atoms with van der Waals surface area (Å²) < 4.78 is 5.34. The van der Waals surface area contributed by atoms with Gasteiger partial charge in [-0.3, -0.25) is 4.79 Å². The van der Waals surface area contributed by atoms with Crippen LogP contribution in [0.5, 0.6) is 0 Å². The molecule has 2 unspecified atom stereocenters. The van der Waals surface area contributed by atoms with Crippen molar-refractivity contribution in [2.24, 2.45) is 0 Å². The van der Waals surface area contributed by atoms with Crippen molar-refractivity contribution in [2.45, 2.75) is 64.6 Å². The highest BCUT2D eigenvalue weighted by Crippen LogP contribution is 2.33. The molecule has 1 amide bonds. The summed E-state index contributed by atoms with van der Waals surface area (Å²) in [5.74, 6) is 0. The second-order valence-corrected chi connectivity index (χ2v) is 7.88. The Kier molecular flexibility index (Phi) is 5.75. The minimum atomic E-state index is -0.544. The highest BCUT2D eigenvalue weighted by molar-refractivity contribution is 7.13. The molecule has 1 aliphatic carbocycles. The first-order chi connectivity index (χ1) is 10.8. The molecule has 0 saturated carbocycles. The van der Waals surface area contributed by atoms with Crippen molar-refractivity contribution in [2.75, 3.05) is 6.54 Å². The number of nitrogens with zero attached hydrogens (tertiary/aromatic N) is 1. The van der Waals surface area contributed by atoms with Gasteiger partial charge in [0, 0.05) is 10.9 Å². The van der Waals surface area contributed by atoms with Crippen LogP contribution in [0.3, 0.4) is 0 Å². The predicted molar refractivity (Wildman–Crippen MR) is 90.0 cm³/mol. The van der Waals surface area contributed by atoms with Crippen LogP contribution in [-0.4, -0.2) is 35.6 Å². The molecule has 1 heterocycles. The molecule has 6 nitrogen and oxygen atoms in total. The zero-order valence-corrected chi connectivity index (χ0v) is 15.0. The molecule has 128 valence electrons. The number of thiazole rings is 1. The quantitative estimate of drug-likeness (QED) is 0.806. The molecule has 7 heteroatoms. The van der Waals surface area contributed by atoms with Crippen molar-refractivity contribution < 1.29 is 14.3 Å². The van der Waals surface area contributed by atoms with Gasteiger partial charge in [-0.25, -0.2) is 9.78 Å². The number of aldehydes is 1. The van der Waals surface area contributed by atoms with Crippen LogP contribution < -0.4 is 10.6 Å². The van der Waals surface area contributed by atoms with Gasteiger partial charge in [-0.05, 0) is 46.6 Å². The maximum absolute atomic E-state index is 12.1. The van der Waals surface area contributed by atoms with E-state index < -0.39 is 11.7 Å². The van der Waals surface area contributed by atoms with Crippen LogP contribution in [0.4, 0.5) is 4.79 Å². The lowest BCUT2D eigenvalue weighted by molar-refractivity contribution is 0.0494. The number of hydrogen-bond donors (Lipinski definition) is 2. The summed E-state index contributed by atoms with van der Waals surface area (Å²) in [7, 11) is 0. The van der Waals surface area contributed by atoms with Crippen LogP contribution in [0, 0.1) is 0 Å². The predicted octanol–water partition coefficient (Wildman–Crippen LogP) is 2.84. The van der Waals surface area contributed by atoms with Gasteiger partial charge in [0.05, 0.1) is 11.7 Å². The maximum Gasteiger partial charge on any atom is 0.408 e. The van der Waals surface area contributed by atoms with E-state index in [1.807, 2.05) is 20.8 Å².